The van der Waals surface area contributed by atoms with E-state index in [-0.39, 0.29) is 11.9 Å². The van der Waals surface area contributed by atoms with Gasteiger partial charge in [0.25, 0.3) is 5.91 Å². The Morgan fingerprint density at radius 3 is 2.77 bits per heavy atom. The summed E-state index contributed by atoms with van der Waals surface area (Å²) in [6.07, 6.45) is 6.60. The van der Waals surface area contributed by atoms with E-state index in [0.29, 0.717) is 18.0 Å². The number of aryl methyl sites for hydroxylation is 2. The summed E-state index contributed by atoms with van der Waals surface area (Å²) in [6.45, 7) is 1.95. The monoisotopic (exact) mass is 373 g/mol. The van der Waals surface area contributed by atoms with Crippen molar-refractivity contribution in [1.29, 1.82) is 0 Å². The second kappa shape index (κ2) is 6.54. The smallest absolute Gasteiger partial charge is 0.326 e. The Balaban J connectivity index is 1.67. The number of carboxylic acids is 1. The highest BCUT2D eigenvalue weighted by Crippen LogP contribution is 2.40. The molecule has 1 amide bonds. The quantitative estimate of drug-likeness (QED) is 0.896. The molecule has 1 N–H and O–H groups in total. The second-order valence-corrected chi connectivity index (χ2v) is 8.45. The van der Waals surface area contributed by atoms with E-state index in [0.717, 1.165) is 41.9 Å². The van der Waals surface area contributed by atoms with Crippen LogP contribution in [-0.4, -0.2) is 43.5 Å². The predicted molar refractivity (Wildman–Crippen MR) is 99.2 cm³/mol. The second-order valence-electron chi connectivity index (χ2n) is 7.39. The van der Waals surface area contributed by atoms with Gasteiger partial charge >= 0.3 is 5.97 Å². The SMILES string of the molecule is Cc1nc(-c2cc(C(=O)N3C(C(=O)O)CC4CCCCC43)n(C)c2)cs1. The van der Waals surface area contributed by atoms with Gasteiger partial charge in [-0.25, -0.2) is 9.78 Å². The Labute approximate surface area is 156 Å². The van der Waals surface area contributed by atoms with Gasteiger partial charge < -0.3 is 14.6 Å². The van der Waals surface area contributed by atoms with Crippen molar-refractivity contribution < 1.29 is 14.7 Å². The minimum Gasteiger partial charge on any atom is -0.480 e. The Morgan fingerprint density at radius 2 is 2.08 bits per heavy atom. The lowest BCUT2D eigenvalue weighted by molar-refractivity contribution is -0.141. The fourth-order valence-corrected chi connectivity index (χ4v) is 5.14. The number of hydrogen-bond donors (Lipinski definition) is 1. The molecular weight excluding hydrogens is 350 g/mol. The van der Waals surface area contributed by atoms with E-state index in [1.54, 1.807) is 20.8 Å². The molecular formula is C19H23N3O3S. The summed E-state index contributed by atoms with van der Waals surface area (Å²) in [7, 11) is 1.83. The van der Waals surface area contributed by atoms with Crippen LogP contribution in [0.25, 0.3) is 11.3 Å². The van der Waals surface area contributed by atoms with Crippen molar-refractivity contribution in [3.63, 3.8) is 0 Å². The van der Waals surface area contributed by atoms with Crippen LogP contribution >= 0.6 is 11.3 Å². The molecule has 6 nitrogen and oxygen atoms in total. The molecule has 3 heterocycles. The van der Waals surface area contributed by atoms with Gasteiger partial charge in [0.1, 0.15) is 11.7 Å². The van der Waals surface area contributed by atoms with Crippen LogP contribution in [-0.2, 0) is 11.8 Å². The lowest BCUT2D eigenvalue weighted by atomic mass is 9.84. The summed E-state index contributed by atoms with van der Waals surface area (Å²) in [5.74, 6) is -0.750. The maximum Gasteiger partial charge on any atom is 0.326 e. The van der Waals surface area contributed by atoms with Crippen molar-refractivity contribution in [2.75, 3.05) is 0 Å². The van der Waals surface area contributed by atoms with E-state index in [1.165, 1.54) is 0 Å². The van der Waals surface area contributed by atoms with Crippen molar-refractivity contribution in [2.45, 2.75) is 51.1 Å². The molecule has 3 atom stereocenters. The van der Waals surface area contributed by atoms with Gasteiger partial charge in [-0.15, -0.1) is 11.3 Å². The predicted octanol–water partition coefficient (Wildman–Crippen LogP) is 3.31. The average molecular weight is 373 g/mol. The summed E-state index contributed by atoms with van der Waals surface area (Å²) in [6, 6.07) is 1.18. The molecule has 1 aliphatic heterocycles. The number of thiazole rings is 1. The van der Waals surface area contributed by atoms with Crippen LogP contribution in [0.15, 0.2) is 17.6 Å². The normalized spacial score (nSPS) is 25.3. The largest absolute Gasteiger partial charge is 0.480 e. The lowest BCUT2D eigenvalue weighted by Crippen LogP contribution is -2.46. The molecule has 3 unspecified atom stereocenters. The number of likely N-dealkylation sites (tertiary alicyclic amines) is 1. The molecule has 1 aliphatic carbocycles. The minimum atomic E-state index is -0.891. The van der Waals surface area contributed by atoms with Gasteiger partial charge in [0.2, 0.25) is 0 Å². The molecule has 2 aliphatic rings. The molecule has 0 radical (unpaired) electrons. The van der Waals surface area contributed by atoms with Crippen LogP contribution in [0.3, 0.4) is 0 Å². The number of rotatable bonds is 3. The first kappa shape index (κ1) is 17.3. The van der Waals surface area contributed by atoms with Crippen molar-refractivity contribution in [2.24, 2.45) is 13.0 Å². The number of hydrogen-bond acceptors (Lipinski definition) is 4. The molecule has 26 heavy (non-hydrogen) atoms. The van der Waals surface area contributed by atoms with E-state index in [2.05, 4.69) is 4.98 Å². The zero-order valence-corrected chi connectivity index (χ0v) is 15.8. The van der Waals surface area contributed by atoms with Crippen LogP contribution in [0.4, 0.5) is 0 Å². The fraction of sp³-hybridized carbons (Fsp3) is 0.526. The fourth-order valence-electron chi connectivity index (χ4n) is 4.52. The minimum absolute atomic E-state index is 0.0530. The van der Waals surface area contributed by atoms with E-state index < -0.39 is 12.0 Å². The molecule has 7 heteroatoms. The van der Waals surface area contributed by atoms with Gasteiger partial charge in [-0.1, -0.05) is 12.8 Å². The third kappa shape index (κ3) is 2.84. The Hall–Kier alpha value is -2.15. The van der Waals surface area contributed by atoms with Crippen LogP contribution < -0.4 is 0 Å². The summed E-state index contributed by atoms with van der Waals surface area (Å²) >= 11 is 1.57. The molecule has 2 fully saturated rings. The maximum atomic E-state index is 13.3. The van der Waals surface area contributed by atoms with Crippen molar-refractivity contribution in [3.05, 3.63) is 28.3 Å². The van der Waals surface area contributed by atoms with Gasteiger partial charge in [0, 0.05) is 30.2 Å². The van der Waals surface area contributed by atoms with Gasteiger partial charge in [-0.3, -0.25) is 4.79 Å². The molecule has 4 rings (SSSR count). The molecule has 2 aromatic heterocycles. The molecule has 2 aromatic rings. The van der Waals surface area contributed by atoms with E-state index >= 15 is 0 Å². The molecule has 0 bridgehead atoms. The Morgan fingerprint density at radius 1 is 1.31 bits per heavy atom. The standard InChI is InChI=1S/C19H23N3O3S/c1-11-20-14(10-26-11)13-8-16(21(2)9-13)18(23)22-15-6-4-3-5-12(15)7-17(22)19(24)25/h8-10,12,15,17H,3-7H2,1-2H3,(H,24,25). The number of aliphatic carboxylic acids is 1. The third-order valence-corrected chi connectivity index (χ3v) is 6.52. The molecule has 1 saturated heterocycles. The Kier molecular flexibility index (Phi) is 4.34. The number of carbonyl (C=O) groups is 2. The Bertz CT molecular complexity index is 856. The van der Waals surface area contributed by atoms with Crippen molar-refractivity contribution >= 4 is 23.2 Å². The van der Waals surface area contributed by atoms with Gasteiger partial charge in [-0.2, -0.15) is 0 Å². The topological polar surface area (TPSA) is 75.4 Å². The van der Waals surface area contributed by atoms with Gasteiger partial charge in [0.05, 0.1) is 10.7 Å². The first-order valence-corrected chi connectivity index (χ1v) is 9.98. The highest BCUT2D eigenvalue weighted by molar-refractivity contribution is 7.09. The summed E-state index contributed by atoms with van der Waals surface area (Å²) in [4.78, 5) is 31.2. The van der Waals surface area contributed by atoms with E-state index in [9.17, 15) is 14.7 Å². The number of carbonyl (C=O) groups excluding carboxylic acids is 1. The number of amides is 1. The van der Waals surface area contributed by atoms with Crippen molar-refractivity contribution in [1.82, 2.24) is 14.5 Å². The number of aromatic nitrogens is 2. The van der Waals surface area contributed by atoms with Crippen LogP contribution in [0.1, 0.15) is 47.6 Å². The number of fused-ring (bicyclic) bond motifs is 1. The first-order valence-electron chi connectivity index (χ1n) is 9.10. The van der Waals surface area contributed by atoms with Gasteiger partial charge in [0.15, 0.2) is 0 Å². The van der Waals surface area contributed by atoms with Crippen molar-refractivity contribution in [3.8, 4) is 11.3 Å². The number of carboxylic acid groups (broad SMARTS) is 1. The van der Waals surface area contributed by atoms with Crippen LogP contribution in [0.5, 0.6) is 0 Å². The summed E-state index contributed by atoms with van der Waals surface area (Å²) < 4.78 is 1.79. The highest BCUT2D eigenvalue weighted by Gasteiger charge is 2.48. The average Bonchev–Trinajstić information content (AvgIpc) is 3.30. The van der Waals surface area contributed by atoms with Gasteiger partial charge in [-0.05, 0) is 38.2 Å². The zero-order chi connectivity index (χ0) is 18.4. The molecule has 1 saturated carbocycles. The highest BCUT2D eigenvalue weighted by atomic mass is 32.1. The molecule has 0 aromatic carbocycles. The maximum absolute atomic E-state index is 13.3. The van der Waals surface area contributed by atoms with Crippen LogP contribution in [0.2, 0.25) is 0 Å². The zero-order valence-electron chi connectivity index (χ0n) is 15.0. The first-order chi connectivity index (χ1) is 12.5. The summed E-state index contributed by atoms with van der Waals surface area (Å²) in [5, 5.41) is 12.6. The third-order valence-electron chi connectivity index (χ3n) is 5.75. The lowest BCUT2D eigenvalue weighted by Gasteiger charge is -2.33. The summed E-state index contributed by atoms with van der Waals surface area (Å²) in [5.41, 5.74) is 2.28. The van der Waals surface area contributed by atoms with E-state index in [1.807, 2.05) is 31.6 Å². The number of nitrogens with zero attached hydrogens (tertiary/aromatic N) is 3. The molecule has 0 spiro atoms. The van der Waals surface area contributed by atoms with Crippen LogP contribution in [0, 0.1) is 12.8 Å². The molecule has 138 valence electrons. The van der Waals surface area contributed by atoms with E-state index in [4.69, 9.17) is 0 Å².